The summed E-state index contributed by atoms with van der Waals surface area (Å²) < 4.78 is 5.36. The van der Waals surface area contributed by atoms with Crippen LogP contribution in [-0.4, -0.2) is 11.0 Å². The molecule has 0 amide bonds. The average Bonchev–Trinajstić information content (AvgIpc) is 2.63. The van der Waals surface area contributed by atoms with Gasteiger partial charge in [0.15, 0.2) is 0 Å². The van der Waals surface area contributed by atoms with Crippen LogP contribution in [-0.2, 0) is 10.5 Å². The molecule has 2 rings (SSSR count). The molecule has 0 N–H and O–H groups in total. The lowest BCUT2D eigenvalue weighted by molar-refractivity contribution is -0.119. The molecule has 0 bridgehead atoms. The number of rotatable bonds is 3. The van der Waals surface area contributed by atoms with Crippen molar-refractivity contribution in [3.05, 3.63) is 23.7 Å². The van der Waals surface area contributed by atoms with E-state index in [1.807, 2.05) is 13.0 Å². The van der Waals surface area contributed by atoms with Gasteiger partial charge in [0, 0.05) is 6.42 Å². The fourth-order valence-corrected chi connectivity index (χ4v) is 3.14. The number of thioether (sulfide) groups is 1. The van der Waals surface area contributed by atoms with Crippen molar-refractivity contribution >= 4 is 17.5 Å². The van der Waals surface area contributed by atoms with E-state index in [0.29, 0.717) is 5.78 Å². The standard InChI is InChI=1S/C12H16O2S/c1-9-6-7-14-11(9)8-15-12-5-3-2-4-10(12)13/h6-7,12H,2-5,8H2,1H3. The van der Waals surface area contributed by atoms with Crippen LogP contribution in [0.5, 0.6) is 0 Å². The van der Waals surface area contributed by atoms with Crippen molar-refractivity contribution in [2.24, 2.45) is 0 Å². The highest BCUT2D eigenvalue weighted by Gasteiger charge is 2.22. The van der Waals surface area contributed by atoms with Crippen LogP contribution in [0.3, 0.4) is 0 Å². The van der Waals surface area contributed by atoms with Crippen molar-refractivity contribution in [2.45, 2.75) is 43.6 Å². The number of aryl methyl sites for hydroxylation is 1. The molecule has 0 saturated heterocycles. The third kappa shape index (κ3) is 2.65. The van der Waals surface area contributed by atoms with Crippen LogP contribution in [0.2, 0.25) is 0 Å². The molecule has 2 nitrogen and oxygen atoms in total. The molecule has 15 heavy (non-hydrogen) atoms. The number of ketones is 1. The summed E-state index contributed by atoms with van der Waals surface area (Å²) in [6.45, 7) is 2.04. The maximum absolute atomic E-state index is 11.6. The summed E-state index contributed by atoms with van der Waals surface area (Å²) >= 11 is 1.73. The van der Waals surface area contributed by atoms with Gasteiger partial charge in [0.1, 0.15) is 11.5 Å². The average molecular weight is 224 g/mol. The van der Waals surface area contributed by atoms with Crippen LogP contribution in [0.4, 0.5) is 0 Å². The minimum atomic E-state index is 0.211. The summed E-state index contributed by atoms with van der Waals surface area (Å²) in [6.07, 6.45) is 5.81. The highest BCUT2D eigenvalue weighted by Crippen LogP contribution is 2.29. The summed E-state index contributed by atoms with van der Waals surface area (Å²) in [5, 5.41) is 0.211. The van der Waals surface area contributed by atoms with Gasteiger partial charge in [-0.25, -0.2) is 0 Å². The van der Waals surface area contributed by atoms with E-state index >= 15 is 0 Å². The van der Waals surface area contributed by atoms with E-state index in [9.17, 15) is 4.79 Å². The Hall–Kier alpha value is -0.700. The Morgan fingerprint density at radius 3 is 3.07 bits per heavy atom. The molecule has 1 atom stereocenters. The molecule has 0 radical (unpaired) electrons. The van der Waals surface area contributed by atoms with E-state index < -0.39 is 0 Å². The van der Waals surface area contributed by atoms with Crippen LogP contribution in [0.25, 0.3) is 0 Å². The molecule has 1 saturated carbocycles. The Balaban J connectivity index is 1.87. The van der Waals surface area contributed by atoms with Gasteiger partial charge in [0.2, 0.25) is 0 Å². The smallest absolute Gasteiger partial charge is 0.145 e. The van der Waals surface area contributed by atoms with Gasteiger partial charge in [0.25, 0.3) is 0 Å². The van der Waals surface area contributed by atoms with E-state index in [1.54, 1.807) is 18.0 Å². The molecule has 0 spiro atoms. The predicted octanol–water partition coefficient (Wildman–Crippen LogP) is 3.33. The maximum Gasteiger partial charge on any atom is 0.145 e. The van der Waals surface area contributed by atoms with Gasteiger partial charge >= 0.3 is 0 Å². The van der Waals surface area contributed by atoms with Crippen molar-refractivity contribution in [2.75, 3.05) is 0 Å². The zero-order valence-electron chi connectivity index (χ0n) is 8.99. The number of carbonyl (C=O) groups is 1. The molecule has 1 aromatic heterocycles. The SMILES string of the molecule is Cc1ccoc1CSC1CCCCC1=O. The fraction of sp³-hybridized carbons (Fsp3) is 0.583. The lowest BCUT2D eigenvalue weighted by atomic mass is 9.99. The first-order chi connectivity index (χ1) is 7.27. The van der Waals surface area contributed by atoms with Gasteiger partial charge in [-0.2, -0.15) is 0 Å². The Morgan fingerprint density at radius 2 is 2.40 bits per heavy atom. The van der Waals surface area contributed by atoms with Gasteiger partial charge < -0.3 is 4.42 Å². The second-order valence-corrected chi connectivity index (χ2v) is 5.23. The molecule has 82 valence electrons. The number of Topliss-reactive ketones (excluding diaryl/α,β-unsaturated/α-hetero) is 1. The van der Waals surface area contributed by atoms with Gasteiger partial charge in [0.05, 0.1) is 17.3 Å². The largest absolute Gasteiger partial charge is 0.468 e. The Morgan fingerprint density at radius 1 is 1.53 bits per heavy atom. The van der Waals surface area contributed by atoms with E-state index in [1.165, 1.54) is 12.0 Å². The van der Waals surface area contributed by atoms with Crippen LogP contribution in [0.1, 0.15) is 37.0 Å². The monoisotopic (exact) mass is 224 g/mol. The second kappa shape index (κ2) is 4.88. The molecule has 0 aromatic carbocycles. The van der Waals surface area contributed by atoms with E-state index in [0.717, 1.165) is 30.8 Å². The molecular formula is C12H16O2S. The van der Waals surface area contributed by atoms with Gasteiger partial charge in [-0.1, -0.05) is 6.42 Å². The van der Waals surface area contributed by atoms with Crippen LogP contribution in [0.15, 0.2) is 16.7 Å². The van der Waals surface area contributed by atoms with Crippen LogP contribution >= 0.6 is 11.8 Å². The predicted molar refractivity (Wildman–Crippen MR) is 62.0 cm³/mol. The van der Waals surface area contributed by atoms with Crippen molar-refractivity contribution < 1.29 is 9.21 Å². The summed E-state index contributed by atoms with van der Waals surface area (Å²) in [6, 6.07) is 1.97. The second-order valence-electron chi connectivity index (χ2n) is 4.04. The van der Waals surface area contributed by atoms with Crippen molar-refractivity contribution in [1.29, 1.82) is 0 Å². The molecule has 1 heterocycles. The molecule has 1 aromatic rings. The van der Waals surface area contributed by atoms with Crippen LogP contribution < -0.4 is 0 Å². The minimum absolute atomic E-state index is 0.211. The van der Waals surface area contributed by atoms with Gasteiger partial charge in [-0.3, -0.25) is 4.79 Å². The normalized spacial score (nSPS) is 21.9. The Bertz CT molecular complexity index is 343. The molecule has 3 heteroatoms. The molecule has 1 unspecified atom stereocenters. The van der Waals surface area contributed by atoms with E-state index in [2.05, 4.69) is 0 Å². The number of carbonyl (C=O) groups excluding carboxylic acids is 1. The van der Waals surface area contributed by atoms with Gasteiger partial charge in [-0.05, 0) is 31.4 Å². The molecule has 1 aliphatic carbocycles. The van der Waals surface area contributed by atoms with Crippen LogP contribution in [0, 0.1) is 6.92 Å². The van der Waals surface area contributed by atoms with Crippen molar-refractivity contribution in [1.82, 2.24) is 0 Å². The van der Waals surface area contributed by atoms with Crippen molar-refractivity contribution in [3.8, 4) is 0 Å². The van der Waals surface area contributed by atoms with E-state index in [-0.39, 0.29) is 5.25 Å². The molecule has 1 fully saturated rings. The summed E-state index contributed by atoms with van der Waals surface area (Å²) in [5.41, 5.74) is 1.19. The molecule has 1 aliphatic rings. The first-order valence-electron chi connectivity index (χ1n) is 5.44. The first-order valence-corrected chi connectivity index (χ1v) is 6.49. The fourth-order valence-electron chi connectivity index (χ4n) is 1.86. The highest BCUT2D eigenvalue weighted by atomic mass is 32.2. The maximum atomic E-state index is 11.6. The third-order valence-corrected chi connectivity index (χ3v) is 4.21. The summed E-state index contributed by atoms with van der Waals surface area (Å²) in [4.78, 5) is 11.6. The molecular weight excluding hydrogens is 208 g/mol. The first kappa shape index (κ1) is 10.8. The zero-order chi connectivity index (χ0) is 10.7. The lowest BCUT2D eigenvalue weighted by Crippen LogP contribution is -2.21. The summed E-state index contributed by atoms with van der Waals surface area (Å²) in [7, 11) is 0. The third-order valence-electron chi connectivity index (χ3n) is 2.88. The lowest BCUT2D eigenvalue weighted by Gasteiger charge is -2.19. The number of furan rings is 1. The molecule has 0 aliphatic heterocycles. The summed E-state index contributed by atoms with van der Waals surface area (Å²) in [5.74, 6) is 2.27. The highest BCUT2D eigenvalue weighted by molar-refractivity contribution is 7.99. The van der Waals surface area contributed by atoms with Crippen molar-refractivity contribution in [3.63, 3.8) is 0 Å². The zero-order valence-corrected chi connectivity index (χ0v) is 9.81. The minimum Gasteiger partial charge on any atom is -0.468 e. The quantitative estimate of drug-likeness (QED) is 0.789. The Labute approximate surface area is 94.4 Å². The van der Waals surface area contributed by atoms with Gasteiger partial charge in [-0.15, -0.1) is 11.8 Å². The topological polar surface area (TPSA) is 30.2 Å². The Kier molecular flexibility index (Phi) is 3.52. The number of hydrogen-bond donors (Lipinski definition) is 0. The van der Waals surface area contributed by atoms with E-state index in [4.69, 9.17) is 4.42 Å². The number of hydrogen-bond acceptors (Lipinski definition) is 3.